The first-order valence-electron chi connectivity index (χ1n) is 3.90. The molecule has 0 aromatic carbocycles. The Kier molecular flexibility index (Phi) is 2.60. The molecule has 0 bridgehead atoms. The van der Waals surface area contributed by atoms with E-state index in [-0.39, 0.29) is 11.9 Å². The zero-order chi connectivity index (χ0) is 8.48. The largest absolute Gasteiger partial charge is 0.370 e. The Bertz CT molecular complexity index is 154. The van der Waals surface area contributed by atoms with E-state index in [1.165, 1.54) is 0 Å². The lowest BCUT2D eigenvalue weighted by Crippen LogP contribution is -2.35. The van der Waals surface area contributed by atoms with Crippen LogP contribution in [0.4, 0.5) is 0 Å². The molecule has 0 aliphatic carbocycles. The summed E-state index contributed by atoms with van der Waals surface area (Å²) in [5.41, 5.74) is 0. The molecule has 1 aliphatic rings. The maximum absolute atomic E-state index is 11.5. The van der Waals surface area contributed by atoms with Gasteiger partial charge in [0, 0.05) is 6.61 Å². The van der Waals surface area contributed by atoms with Crippen LogP contribution in [0, 0.1) is 0 Å². The van der Waals surface area contributed by atoms with Crippen LogP contribution < -0.4 is 0 Å². The summed E-state index contributed by atoms with van der Waals surface area (Å²) < 4.78 is 4.70. The molecule has 1 unspecified atom stereocenters. The molecule has 1 saturated heterocycles. The second-order valence-corrected chi connectivity index (χ2v) is 4.54. The molecule has 2 nitrogen and oxygen atoms in total. The van der Waals surface area contributed by atoms with Crippen LogP contribution in [0.15, 0.2) is 0 Å². The fraction of sp³-hybridized carbons (Fsp3) is 0.875. The van der Waals surface area contributed by atoms with E-state index in [0.29, 0.717) is 0 Å². The molecule has 0 saturated carbocycles. The van der Waals surface area contributed by atoms with E-state index in [0.717, 1.165) is 19.4 Å². The van der Waals surface area contributed by atoms with Crippen molar-refractivity contribution in [1.29, 1.82) is 0 Å². The quantitative estimate of drug-likeness (QED) is 0.641. The highest BCUT2D eigenvalue weighted by atomic mass is 32.1. The van der Waals surface area contributed by atoms with Gasteiger partial charge in [0.05, 0.1) is 4.75 Å². The molecule has 0 N–H and O–H groups in total. The molecule has 1 atom stereocenters. The minimum Gasteiger partial charge on any atom is -0.370 e. The molecule has 0 aromatic rings. The van der Waals surface area contributed by atoms with Crippen molar-refractivity contribution in [2.75, 3.05) is 6.61 Å². The lowest BCUT2D eigenvalue weighted by Gasteiger charge is -2.19. The topological polar surface area (TPSA) is 26.3 Å². The highest BCUT2D eigenvalue weighted by Crippen LogP contribution is 2.22. The van der Waals surface area contributed by atoms with Crippen LogP contribution >= 0.6 is 12.6 Å². The van der Waals surface area contributed by atoms with Gasteiger partial charge in [0.25, 0.3) is 0 Å². The predicted molar refractivity (Wildman–Crippen MR) is 47.0 cm³/mol. The van der Waals surface area contributed by atoms with Crippen molar-refractivity contribution in [3.8, 4) is 0 Å². The molecule has 1 fully saturated rings. The second kappa shape index (κ2) is 3.15. The van der Waals surface area contributed by atoms with Crippen molar-refractivity contribution in [2.24, 2.45) is 0 Å². The molecular weight excluding hydrogens is 160 g/mol. The molecule has 1 aliphatic heterocycles. The summed E-state index contributed by atoms with van der Waals surface area (Å²) in [6.07, 6.45) is 1.67. The fourth-order valence-corrected chi connectivity index (χ4v) is 1.32. The van der Waals surface area contributed by atoms with Crippen molar-refractivity contribution in [3.63, 3.8) is 0 Å². The number of thiol groups is 1. The first-order valence-corrected chi connectivity index (χ1v) is 4.35. The summed E-state index contributed by atoms with van der Waals surface area (Å²) in [5.74, 6) is 0.110. The Balaban J connectivity index is 2.53. The lowest BCUT2D eigenvalue weighted by molar-refractivity contribution is -0.129. The minimum atomic E-state index is -0.547. The van der Waals surface area contributed by atoms with Gasteiger partial charge in [-0.05, 0) is 26.7 Å². The van der Waals surface area contributed by atoms with E-state index in [1.54, 1.807) is 13.8 Å². The summed E-state index contributed by atoms with van der Waals surface area (Å²) in [6.45, 7) is 4.33. The van der Waals surface area contributed by atoms with Crippen molar-refractivity contribution in [1.82, 2.24) is 0 Å². The van der Waals surface area contributed by atoms with E-state index in [4.69, 9.17) is 4.74 Å². The third kappa shape index (κ3) is 2.20. The predicted octanol–water partition coefficient (Wildman–Crippen LogP) is 1.44. The molecule has 0 spiro atoms. The smallest absolute Gasteiger partial charge is 0.176 e. The van der Waals surface area contributed by atoms with Gasteiger partial charge in [-0.1, -0.05) is 0 Å². The summed E-state index contributed by atoms with van der Waals surface area (Å²) in [4.78, 5) is 11.5. The van der Waals surface area contributed by atoms with E-state index < -0.39 is 4.75 Å². The highest BCUT2D eigenvalue weighted by Gasteiger charge is 2.32. The Labute approximate surface area is 72.7 Å². The molecule has 0 aromatic heterocycles. The number of hydrogen-bond donors (Lipinski definition) is 1. The number of hydrogen-bond acceptors (Lipinski definition) is 3. The number of Topliss-reactive ketones (excluding diaryl/α,β-unsaturated/α-hetero) is 1. The Morgan fingerprint density at radius 1 is 1.64 bits per heavy atom. The molecule has 3 heteroatoms. The van der Waals surface area contributed by atoms with Crippen molar-refractivity contribution in [2.45, 2.75) is 37.5 Å². The monoisotopic (exact) mass is 174 g/mol. The Morgan fingerprint density at radius 2 is 2.27 bits per heavy atom. The van der Waals surface area contributed by atoms with Gasteiger partial charge in [-0.2, -0.15) is 12.6 Å². The fourth-order valence-electron chi connectivity index (χ4n) is 1.18. The van der Waals surface area contributed by atoms with Crippen LogP contribution in [0.2, 0.25) is 0 Å². The van der Waals surface area contributed by atoms with Crippen LogP contribution in [0.25, 0.3) is 0 Å². The molecular formula is C8H14O2S. The average Bonchev–Trinajstić information content (AvgIpc) is 2.34. The zero-order valence-corrected chi connectivity index (χ0v) is 7.86. The van der Waals surface area contributed by atoms with Crippen molar-refractivity contribution < 1.29 is 9.53 Å². The maximum Gasteiger partial charge on any atom is 0.176 e. The van der Waals surface area contributed by atoms with Gasteiger partial charge in [-0.15, -0.1) is 0 Å². The number of carbonyl (C=O) groups excluding carboxylic acids is 1. The molecule has 1 heterocycles. The van der Waals surface area contributed by atoms with Crippen LogP contribution in [-0.4, -0.2) is 23.2 Å². The van der Waals surface area contributed by atoms with Gasteiger partial charge in [0.2, 0.25) is 0 Å². The molecule has 64 valence electrons. The number of rotatable bonds is 2. The summed E-state index contributed by atoms with van der Waals surface area (Å²) >= 11 is 4.20. The first-order chi connectivity index (χ1) is 5.02. The number of carbonyl (C=O) groups is 1. The van der Waals surface area contributed by atoms with Gasteiger partial charge in [-0.3, -0.25) is 4.79 Å². The van der Waals surface area contributed by atoms with Crippen LogP contribution in [0.5, 0.6) is 0 Å². The standard InChI is InChI=1S/C8H14O2S/c1-8(2,11)7(9)6-4-3-5-10-6/h6,11H,3-5H2,1-2H3. The van der Waals surface area contributed by atoms with Crippen LogP contribution in [0.3, 0.4) is 0 Å². The Hall–Kier alpha value is -0.0200. The minimum absolute atomic E-state index is 0.110. The third-order valence-corrected chi connectivity index (χ3v) is 2.05. The first kappa shape index (κ1) is 9.07. The number of ether oxygens (including phenoxy) is 1. The van der Waals surface area contributed by atoms with Gasteiger partial charge in [-0.25, -0.2) is 0 Å². The highest BCUT2D eigenvalue weighted by molar-refractivity contribution is 7.82. The van der Waals surface area contributed by atoms with E-state index in [2.05, 4.69) is 12.6 Å². The summed E-state index contributed by atoms with van der Waals surface area (Å²) in [5, 5.41) is 0. The molecule has 11 heavy (non-hydrogen) atoms. The van der Waals surface area contributed by atoms with Gasteiger partial charge < -0.3 is 4.74 Å². The van der Waals surface area contributed by atoms with Gasteiger partial charge >= 0.3 is 0 Å². The summed E-state index contributed by atoms with van der Waals surface area (Å²) in [6, 6.07) is 0. The van der Waals surface area contributed by atoms with Crippen LogP contribution in [-0.2, 0) is 9.53 Å². The number of ketones is 1. The lowest BCUT2D eigenvalue weighted by atomic mass is 10.0. The third-order valence-electron chi connectivity index (χ3n) is 1.83. The van der Waals surface area contributed by atoms with Gasteiger partial charge in [0.15, 0.2) is 5.78 Å². The Morgan fingerprint density at radius 3 is 2.64 bits per heavy atom. The van der Waals surface area contributed by atoms with Crippen molar-refractivity contribution >= 4 is 18.4 Å². The molecule has 1 rings (SSSR count). The SMILES string of the molecule is CC(C)(S)C(=O)C1CCCO1. The maximum atomic E-state index is 11.5. The van der Waals surface area contributed by atoms with E-state index >= 15 is 0 Å². The van der Waals surface area contributed by atoms with E-state index in [1.807, 2.05) is 0 Å². The van der Waals surface area contributed by atoms with Crippen molar-refractivity contribution in [3.05, 3.63) is 0 Å². The zero-order valence-electron chi connectivity index (χ0n) is 6.96. The molecule has 0 amide bonds. The second-order valence-electron chi connectivity index (χ2n) is 3.42. The summed E-state index contributed by atoms with van der Waals surface area (Å²) in [7, 11) is 0. The molecule has 0 radical (unpaired) electrons. The van der Waals surface area contributed by atoms with Crippen LogP contribution in [0.1, 0.15) is 26.7 Å². The van der Waals surface area contributed by atoms with Gasteiger partial charge in [0.1, 0.15) is 6.10 Å². The average molecular weight is 174 g/mol. The van der Waals surface area contributed by atoms with E-state index in [9.17, 15) is 4.79 Å². The normalized spacial score (nSPS) is 25.5.